The quantitative estimate of drug-likeness (QED) is 0.221. The van der Waals surface area contributed by atoms with Gasteiger partial charge in [-0.15, -0.1) is 0 Å². The maximum atomic E-state index is 14.0. The van der Waals surface area contributed by atoms with Crippen LogP contribution >= 0.6 is 0 Å². The predicted octanol–water partition coefficient (Wildman–Crippen LogP) is 4.96. The van der Waals surface area contributed by atoms with Crippen molar-refractivity contribution in [2.75, 3.05) is 19.5 Å². The summed E-state index contributed by atoms with van der Waals surface area (Å²) in [7, 11) is -1.51. The van der Waals surface area contributed by atoms with E-state index in [1.807, 2.05) is 0 Å². The molecule has 1 aromatic heterocycles. The molecule has 0 saturated heterocycles. The van der Waals surface area contributed by atoms with Gasteiger partial charge in [0.2, 0.25) is 15.9 Å². The highest BCUT2D eigenvalue weighted by atomic mass is 32.2. The minimum atomic E-state index is -4.38. The number of carbonyl (C=O) groups excluding carboxylic acids is 1. The first-order valence-electron chi connectivity index (χ1n) is 12.4. The van der Waals surface area contributed by atoms with Crippen LogP contribution in [0.5, 0.6) is 11.5 Å². The highest BCUT2D eigenvalue weighted by Gasteiger charge is 2.26. The van der Waals surface area contributed by atoms with E-state index in [0.717, 1.165) is 23.1 Å². The number of ether oxygens (including phenoxy) is 2. The molecular weight excluding hydrogens is 580 g/mol. The molecule has 4 rings (SSSR count). The van der Waals surface area contributed by atoms with Gasteiger partial charge in [0.1, 0.15) is 22.2 Å². The van der Waals surface area contributed by atoms with Gasteiger partial charge in [0.15, 0.2) is 6.17 Å². The lowest BCUT2D eigenvalue weighted by atomic mass is 10.1. The third kappa shape index (κ3) is 7.06. The van der Waals surface area contributed by atoms with Gasteiger partial charge in [-0.05, 0) is 35.9 Å². The fourth-order valence-electron chi connectivity index (χ4n) is 4.02. The molecule has 0 spiro atoms. The van der Waals surface area contributed by atoms with Gasteiger partial charge in [-0.2, -0.15) is 5.10 Å². The Hall–Kier alpha value is -4.43. The van der Waals surface area contributed by atoms with Crippen LogP contribution in [0.1, 0.15) is 22.9 Å². The number of benzene rings is 3. The van der Waals surface area contributed by atoms with Crippen molar-refractivity contribution in [1.82, 2.24) is 14.5 Å². The number of anilines is 1. The van der Waals surface area contributed by atoms with Crippen molar-refractivity contribution in [3.05, 3.63) is 95.6 Å². The lowest BCUT2D eigenvalue weighted by Crippen LogP contribution is -2.25. The van der Waals surface area contributed by atoms with E-state index in [2.05, 4.69) is 15.1 Å². The molecule has 3 aromatic carbocycles. The van der Waals surface area contributed by atoms with E-state index >= 15 is 0 Å². The van der Waals surface area contributed by atoms with Crippen LogP contribution in [0.15, 0.2) is 78.0 Å². The molecule has 0 radical (unpaired) electrons. The molecule has 1 heterocycles. The molecule has 222 valence electrons. The van der Waals surface area contributed by atoms with Crippen LogP contribution < -0.4 is 19.5 Å². The first-order chi connectivity index (χ1) is 20.0. The number of carbonyl (C=O) groups is 1. The van der Waals surface area contributed by atoms with Crippen LogP contribution in [-0.2, 0) is 27.8 Å². The zero-order valence-electron chi connectivity index (χ0n) is 22.4. The van der Waals surface area contributed by atoms with Gasteiger partial charge >= 0.3 is 0 Å². The molecule has 0 aliphatic carbocycles. The van der Waals surface area contributed by atoms with Crippen molar-refractivity contribution in [1.29, 1.82) is 0 Å². The first kappa shape index (κ1) is 30.5. The number of halogens is 4. The molecule has 0 aliphatic heterocycles. The average Bonchev–Trinajstić information content (AvgIpc) is 3.47. The second-order valence-electron chi connectivity index (χ2n) is 8.96. The lowest BCUT2D eigenvalue weighted by molar-refractivity contribution is -0.115. The number of rotatable bonds is 12. The molecule has 0 fully saturated rings. The van der Waals surface area contributed by atoms with Crippen molar-refractivity contribution >= 4 is 21.6 Å². The van der Waals surface area contributed by atoms with Crippen LogP contribution in [-0.4, -0.2) is 44.8 Å². The largest absolute Gasteiger partial charge is 0.497 e. The first-order valence-corrected chi connectivity index (χ1v) is 13.9. The molecule has 0 aliphatic rings. The van der Waals surface area contributed by atoms with Gasteiger partial charge in [0, 0.05) is 35.6 Å². The molecule has 1 unspecified atom stereocenters. The van der Waals surface area contributed by atoms with Crippen molar-refractivity contribution in [2.24, 2.45) is 0 Å². The van der Waals surface area contributed by atoms with Crippen molar-refractivity contribution in [2.45, 2.75) is 30.5 Å². The second kappa shape index (κ2) is 13.0. The molecule has 1 atom stereocenters. The van der Waals surface area contributed by atoms with Crippen LogP contribution in [0.4, 0.5) is 23.2 Å². The van der Waals surface area contributed by atoms with E-state index < -0.39 is 44.8 Å². The number of amides is 1. The zero-order chi connectivity index (χ0) is 30.4. The lowest BCUT2D eigenvalue weighted by Gasteiger charge is -2.15. The predicted molar refractivity (Wildman–Crippen MR) is 146 cm³/mol. The van der Waals surface area contributed by atoms with Crippen molar-refractivity contribution < 1.29 is 40.2 Å². The van der Waals surface area contributed by atoms with Crippen molar-refractivity contribution in [3.63, 3.8) is 0 Å². The van der Waals surface area contributed by atoms with E-state index in [4.69, 9.17) is 9.47 Å². The number of methoxy groups -OCH3 is 2. The van der Waals surface area contributed by atoms with Crippen molar-refractivity contribution in [3.8, 4) is 17.2 Å². The minimum Gasteiger partial charge on any atom is -0.497 e. The molecule has 0 bridgehead atoms. The number of nitrogens with one attached hydrogen (secondary N) is 2. The summed E-state index contributed by atoms with van der Waals surface area (Å²) in [5.41, 5.74) is 0.0937. The number of hydrogen-bond donors (Lipinski definition) is 2. The van der Waals surface area contributed by atoms with Crippen LogP contribution in [0.2, 0.25) is 0 Å². The Morgan fingerprint density at radius 1 is 1.00 bits per heavy atom. The summed E-state index contributed by atoms with van der Waals surface area (Å²) in [5.74, 6) is -0.354. The third-order valence-electron chi connectivity index (χ3n) is 6.18. The van der Waals surface area contributed by atoms with Crippen LogP contribution in [0.25, 0.3) is 5.69 Å². The monoisotopic (exact) mass is 606 g/mol. The van der Waals surface area contributed by atoms with E-state index in [0.29, 0.717) is 17.1 Å². The van der Waals surface area contributed by atoms with Gasteiger partial charge in [0.05, 0.1) is 32.5 Å². The molecule has 4 aromatic rings. The fourth-order valence-corrected chi connectivity index (χ4v) is 5.24. The van der Waals surface area contributed by atoms with Gasteiger partial charge in [-0.25, -0.2) is 35.4 Å². The van der Waals surface area contributed by atoms with Crippen LogP contribution in [0, 0.1) is 5.82 Å². The molecule has 2 N–H and O–H groups in total. The topological polar surface area (TPSA) is 112 Å². The summed E-state index contributed by atoms with van der Waals surface area (Å²) in [6, 6.07) is 14.2. The molecule has 14 heteroatoms. The molecule has 42 heavy (non-hydrogen) atoms. The van der Waals surface area contributed by atoms with Gasteiger partial charge in [0.25, 0.3) is 6.43 Å². The summed E-state index contributed by atoms with van der Waals surface area (Å²) in [5, 5.41) is 6.40. The Balaban J connectivity index is 1.67. The summed E-state index contributed by atoms with van der Waals surface area (Å²) in [6.45, 7) is -0.221. The average molecular weight is 607 g/mol. The molecule has 1 amide bonds. The Morgan fingerprint density at radius 2 is 1.76 bits per heavy atom. The van der Waals surface area contributed by atoms with E-state index in [9.17, 15) is 30.8 Å². The summed E-state index contributed by atoms with van der Waals surface area (Å²) < 4.78 is 94.8. The summed E-state index contributed by atoms with van der Waals surface area (Å²) >= 11 is 0. The number of hydrogen-bond acceptors (Lipinski definition) is 6. The standard InChI is InChI=1S/C28H26F4N4O5S/c1-40-21-9-7-18(24(13-21)41-2)15-34-42(38,39)25-12-20(35-26(37)11-17-5-3-4-6-22(17)29)8-10-23(25)36-16-19(14-33-36)27(30)28(31)32/h3-10,12-14,16,27-28,34H,11,15H2,1-2H3,(H,35,37). The Bertz CT molecular complexity index is 1680. The number of nitrogens with zero attached hydrogens (tertiary/aromatic N) is 2. The maximum absolute atomic E-state index is 14.0. The SMILES string of the molecule is COc1ccc(CNS(=O)(=O)c2cc(NC(=O)Cc3ccccc3F)ccc2-n2cc(C(F)C(F)F)cn2)c(OC)c1. The normalized spacial score (nSPS) is 12.3. The fraction of sp³-hybridized carbons (Fsp3) is 0.214. The number of aromatic nitrogens is 2. The van der Waals surface area contributed by atoms with Gasteiger partial charge < -0.3 is 14.8 Å². The molecule has 0 saturated carbocycles. The van der Waals surface area contributed by atoms with E-state index in [1.165, 1.54) is 44.6 Å². The van der Waals surface area contributed by atoms with E-state index in [-0.39, 0.29) is 29.9 Å². The Kier molecular flexibility index (Phi) is 9.48. The second-order valence-corrected chi connectivity index (χ2v) is 10.7. The smallest absolute Gasteiger partial charge is 0.273 e. The summed E-state index contributed by atoms with van der Waals surface area (Å²) in [6.07, 6.45) is -4.43. The number of sulfonamides is 1. The highest BCUT2D eigenvalue weighted by Crippen LogP contribution is 2.29. The highest BCUT2D eigenvalue weighted by molar-refractivity contribution is 7.89. The minimum absolute atomic E-state index is 0.0471. The Morgan fingerprint density at radius 3 is 2.45 bits per heavy atom. The molecular formula is C28H26F4N4O5S. The van der Waals surface area contributed by atoms with E-state index in [1.54, 1.807) is 24.3 Å². The number of alkyl halides is 3. The summed E-state index contributed by atoms with van der Waals surface area (Å²) in [4.78, 5) is 12.2. The molecule has 9 nitrogen and oxygen atoms in total. The third-order valence-corrected chi connectivity index (χ3v) is 7.61. The Labute approximate surface area is 239 Å². The zero-order valence-corrected chi connectivity index (χ0v) is 23.2. The maximum Gasteiger partial charge on any atom is 0.273 e. The van der Waals surface area contributed by atoms with Crippen LogP contribution in [0.3, 0.4) is 0 Å². The van der Waals surface area contributed by atoms with Gasteiger partial charge in [-0.3, -0.25) is 4.79 Å². The van der Waals surface area contributed by atoms with Gasteiger partial charge in [-0.1, -0.05) is 24.3 Å².